The highest BCUT2D eigenvalue weighted by molar-refractivity contribution is 5.79. The van der Waals surface area contributed by atoms with Crippen LogP contribution < -0.4 is 4.74 Å². The molecule has 194 valence electrons. The molecular formula is C32H28N4O3. The zero-order valence-corrected chi connectivity index (χ0v) is 21.5. The van der Waals surface area contributed by atoms with E-state index in [1.807, 2.05) is 72.8 Å². The van der Waals surface area contributed by atoms with Gasteiger partial charge in [0.2, 0.25) is 0 Å². The molecule has 1 N–H and O–H groups in total. The van der Waals surface area contributed by atoms with Crippen molar-refractivity contribution < 1.29 is 14.6 Å². The van der Waals surface area contributed by atoms with E-state index in [-0.39, 0.29) is 5.92 Å². The van der Waals surface area contributed by atoms with Crippen molar-refractivity contribution in [2.75, 3.05) is 0 Å². The second-order valence-corrected chi connectivity index (χ2v) is 10.1. The molecule has 0 saturated heterocycles. The number of para-hydroxylation sites is 1. The van der Waals surface area contributed by atoms with Crippen molar-refractivity contribution >= 4 is 27.9 Å². The number of ether oxygens (including phenoxy) is 1. The number of imidazole rings is 1. The van der Waals surface area contributed by atoms with Gasteiger partial charge in [-0.1, -0.05) is 49.2 Å². The molecule has 0 aliphatic heterocycles. The molecule has 5 aromatic rings. The lowest BCUT2D eigenvalue weighted by atomic mass is 9.78. The van der Waals surface area contributed by atoms with Crippen LogP contribution in [-0.4, -0.2) is 25.6 Å². The van der Waals surface area contributed by atoms with Gasteiger partial charge in [-0.05, 0) is 54.8 Å². The smallest absolute Gasteiger partial charge is 0.307 e. The van der Waals surface area contributed by atoms with Crippen LogP contribution in [0.3, 0.4) is 0 Å². The number of rotatable bonds is 7. The largest absolute Gasteiger partial charge is 0.487 e. The van der Waals surface area contributed by atoms with Crippen LogP contribution in [0, 0.1) is 17.2 Å². The van der Waals surface area contributed by atoms with Gasteiger partial charge in [-0.25, -0.2) is 9.97 Å². The summed E-state index contributed by atoms with van der Waals surface area (Å²) in [5.41, 5.74) is 5.01. The summed E-state index contributed by atoms with van der Waals surface area (Å²) in [5, 5.41) is 20.4. The molecule has 1 aliphatic rings. The van der Waals surface area contributed by atoms with Gasteiger partial charge >= 0.3 is 5.97 Å². The fourth-order valence-corrected chi connectivity index (χ4v) is 5.67. The number of benzene rings is 3. The molecule has 1 aliphatic carbocycles. The van der Waals surface area contributed by atoms with Crippen LogP contribution in [0.1, 0.15) is 54.2 Å². The van der Waals surface area contributed by atoms with Gasteiger partial charge in [-0.15, -0.1) is 0 Å². The summed E-state index contributed by atoms with van der Waals surface area (Å²) in [6.07, 6.45) is 3.34. The highest BCUT2D eigenvalue weighted by atomic mass is 16.5. The van der Waals surface area contributed by atoms with Gasteiger partial charge in [-0.3, -0.25) is 4.79 Å². The SMILES string of the molecule is N#Cc1cccc(Cn2c([C@@H]3CCCC[C@@H]3C(=O)O)nc3cc(OCc4ccc5ccccc5n4)ccc32)c1. The lowest BCUT2D eigenvalue weighted by Gasteiger charge is -2.28. The Bertz CT molecular complexity index is 1720. The number of carboxylic acid groups (broad SMARTS) is 1. The minimum Gasteiger partial charge on any atom is -0.487 e. The molecule has 1 fully saturated rings. The van der Waals surface area contributed by atoms with E-state index in [0.29, 0.717) is 30.9 Å². The Morgan fingerprint density at radius 1 is 0.974 bits per heavy atom. The average molecular weight is 517 g/mol. The molecule has 0 bridgehead atoms. The van der Waals surface area contributed by atoms with Crippen molar-refractivity contribution in [3.63, 3.8) is 0 Å². The van der Waals surface area contributed by atoms with E-state index < -0.39 is 11.9 Å². The molecule has 6 rings (SSSR count). The number of pyridine rings is 1. The van der Waals surface area contributed by atoms with Gasteiger partial charge in [0.15, 0.2) is 0 Å². The molecule has 2 aromatic heterocycles. The fraction of sp³-hybridized carbons (Fsp3) is 0.250. The molecular weight excluding hydrogens is 488 g/mol. The number of nitrogens with zero attached hydrogens (tertiary/aromatic N) is 4. The highest BCUT2D eigenvalue weighted by Crippen LogP contribution is 2.39. The van der Waals surface area contributed by atoms with Crippen LogP contribution in [0.25, 0.3) is 21.9 Å². The van der Waals surface area contributed by atoms with E-state index in [9.17, 15) is 15.2 Å². The Balaban J connectivity index is 1.34. The first kappa shape index (κ1) is 24.6. The maximum absolute atomic E-state index is 12.2. The zero-order chi connectivity index (χ0) is 26.8. The Hall–Kier alpha value is -4.70. The van der Waals surface area contributed by atoms with Crippen molar-refractivity contribution in [2.24, 2.45) is 5.92 Å². The number of carbonyl (C=O) groups is 1. The standard InChI is InChI=1S/C32H28N4O3/c33-18-21-6-5-7-22(16-21)19-36-30-15-14-25(39-20-24-13-12-23-8-1-4-11-28(23)34-24)17-29(30)35-31(36)26-9-2-3-10-27(26)32(37)38/h1,4-8,11-17,26-27H,2-3,9-10,19-20H2,(H,37,38)/t26-,27+/m1/s1. The third-order valence-corrected chi connectivity index (χ3v) is 7.60. The van der Waals surface area contributed by atoms with Crippen LogP contribution in [0.15, 0.2) is 78.9 Å². The minimum atomic E-state index is -0.767. The molecule has 7 nitrogen and oxygen atoms in total. The van der Waals surface area contributed by atoms with Crippen LogP contribution in [0.2, 0.25) is 0 Å². The first-order valence-electron chi connectivity index (χ1n) is 13.3. The van der Waals surface area contributed by atoms with Crippen molar-refractivity contribution in [3.05, 3.63) is 102 Å². The van der Waals surface area contributed by atoms with Gasteiger partial charge < -0.3 is 14.4 Å². The van der Waals surface area contributed by atoms with E-state index in [1.165, 1.54) is 0 Å². The van der Waals surface area contributed by atoms with Crippen LogP contribution in [0.4, 0.5) is 0 Å². The number of aliphatic carboxylic acids is 1. The normalized spacial score (nSPS) is 17.2. The summed E-state index contributed by atoms with van der Waals surface area (Å²) in [6.45, 7) is 0.833. The van der Waals surface area contributed by atoms with Crippen molar-refractivity contribution in [3.8, 4) is 11.8 Å². The lowest BCUT2D eigenvalue weighted by Crippen LogP contribution is -2.27. The van der Waals surface area contributed by atoms with Gasteiger partial charge in [0.05, 0.1) is 39.8 Å². The van der Waals surface area contributed by atoms with Crippen LogP contribution >= 0.6 is 0 Å². The molecule has 0 amide bonds. The monoisotopic (exact) mass is 516 g/mol. The number of nitriles is 1. The summed E-state index contributed by atoms with van der Waals surface area (Å²) < 4.78 is 8.23. The Morgan fingerprint density at radius 3 is 2.72 bits per heavy atom. The zero-order valence-electron chi connectivity index (χ0n) is 21.5. The molecule has 0 radical (unpaired) electrons. The maximum atomic E-state index is 12.2. The number of hydrogen-bond donors (Lipinski definition) is 1. The quantitative estimate of drug-likeness (QED) is 0.267. The lowest BCUT2D eigenvalue weighted by molar-refractivity contribution is -0.143. The van der Waals surface area contributed by atoms with E-state index >= 15 is 0 Å². The third kappa shape index (κ3) is 5.06. The van der Waals surface area contributed by atoms with Crippen molar-refractivity contribution in [2.45, 2.75) is 44.8 Å². The van der Waals surface area contributed by atoms with E-state index in [1.54, 1.807) is 6.07 Å². The molecule has 39 heavy (non-hydrogen) atoms. The Morgan fingerprint density at radius 2 is 1.85 bits per heavy atom. The summed E-state index contributed by atoms with van der Waals surface area (Å²) in [4.78, 5) is 21.9. The number of hydrogen-bond acceptors (Lipinski definition) is 5. The average Bonchev–Trinajstić information content (AvgIpc) is 3.33. The van der Waals surface area contributed by atoms with Gasteiger partial charge in [0.1, 0.15) is 18.2 Å². The topological polar surface area (TPSA) is 101 Å². The molecule has 2 heterocycles. The van der Waals surface area contributed by atoms with E-state index in [4.69, 9.17) is 14.7 Å². The van der Waals surface area contributed by atoms with Gasteiger partial charge in [0, 0.05) is 23.9 Å². The first-order valence-corrected chi connectivity index (χ1v) is 13.3. The number of aromatic nitrogens is 3. The highest BCUT2D eigenvalue weighted by Gasteiger charge is 2.35. The molecule has 0 spiro atoms. The summed E-state index contributed by atoms with van der Waals surface area (Å²) in [6, 6.07) is 27.6. The minimum absolute atomic E-state index is 0.172. The second kappa shape index (κ2) is 10.6. The predicted molar refractivity (Wildman–Crippen MR) is 148 cm³/mol. The maximum Gasteiger partial charge on any atom is 0.307 e. The molecule has 3 aromatic carbocycles. The molecule has 0 unspecified atom stereocenters. The second-order valence-electron chi connectivity index (χ2n) is 10.1. The fourth-order valence-electron chi connectivity index (χ4n) is 5.67. The first-order chi connectivity index (χ1) is 19.1. The van der Waals surface area contributed by atoms with Gasteiger partial charge in [0.25, 0.3) is 0 Å². The Labute approximate surface area is 226 Å². The van der Waals surface area contributed by atoms with Crippen LogP contribution in [0.5, 0.6) is 5.75 Å². The molecule has 2 atom stereocenters. The van der Waals surface area contributed by atoms with E-state index in [2.05, 4.69) is 10.6 Å². The summed E-state index contributed by atoms with van der Waals surface area (Å²) >= 11 is 0. The number of carboxylic acids is 1. The molecule has 1 saturated carbocycles. The Kier molecular flexibility index (Phi) is 6.68. The third-order valence-electron chi connectivity index (χ3n) is 7.60. The predicted octanol–water partition coefficient (Wildman–Crippen LogP) is 6.44. The number of fused-ring (bicyclic) bond motifs is 2. The summed E-state index contributed by atoms with van der Waals surface area (Å²) in [5.74, 6) is 0.0616. The van der Waals surface area contributed by atoms with Crippen molar-refractivity contribution in [1.29, 1.82) is 5.26 Å². The van der Waals surface area contributed by atoms with Crippen LogP contribution in [-0.2, 0) is 17.9 Å². The van der Waals surface area contributed by atoms with Crippen molar-refractivity contribution in [1.82, 2.24) is 14.5 Å². The van der Waals surface area contributed by atoms with Gasteiger partial charge in [-0.2, -0.15) is 5.26 Å². The summed E-state index contributed by atoms with van der Waals surface area (Å²) in [7, 11) is 0. The van der Waals surface area contributed by atoms with E-state index in [0.717, 1.165) is 58.3 Å². The molecule has 7 heteroatoms.